The highest BCUT2D eigenvalue weighted by atomic mass is 19.1. The van der Waals surface area contributed by atoms with Crippen LogP contribution in [0.5, 0.6) is 0 Å². The van der Waals surface area contributed by atoms with Crippen LogP contribution in [-0.4, -0.2) is 16.3 Å². The molecule has 0 aliphatic carbocycles. The summed E-state index contributed by atoms with van der Waals surface area (Å²) in [5.41, 5.74) is 9.94. The topological polar surface area (TPSA) is 43.8 Å². The van der Waals surface area contributed by atoms with Crippen LogP contribution < -0.4 is 5.73 Å². The first-order valence-electron chi connectivity index (χ1n) is 6.59. The summed E-state index contributed by atoms with van der Waals surface area (Å²) in [6.07, 6.45) is 1.92. The first kappa shape index (κ1) is 13.7. The standard InChI is InChI=1S/C15H20FN3/c1-11-15(7-4-8-17)12(2)19(18-11)10-13-5-3-6-14(16)9-13/h3,5-6,9H,4,7-8,10,17H2,1-2H3. The van der Waals surface area contributed by atoms with Gasteiger partial charge in [-0.2, -0.15) is 5.10 Å². The van der Waals surface area contributed by atoms with Crippen molar-refractivity contribution in [3.8, 4) is 0 Å². The lowest BCUT2D eigenvalue weighted by molar-refractivity contribution is 0.615. The molecular formula is C15H20FN3. The number of hydrogen-bond acceptors (Lipinski definition) is 2. The molecule has 0 spiro atoms. The Morgan fingerprint density at radius 2 is 2.11 bits per heavy atom. The molecule has 4 heteroatoms. The van der Waals surface area contributed by atoms with Crippen LogP contribution in [0.1, 0.15) is 28.9 Å². The molecule has 1 aromatic carbocycles. The molecule has 0 amide bonds. The Hall–Kier alpha value is -1.68. The molecule has 2 N–H and O–H groups in total. The number of aromatic nitrogens is 2. The molecule has 0 saturated heterocycles. The number of rotatable bonds is 5. The normalized spacial score (nSPS) is 10.9. The van der Waals surface area contributed by atoms with Gasteiger partial charge < -0.3 is 5.73 Å². The van der Waals surface area contributed by atoms with E-state index in [1.54, 1.807) is 12.1 Å². The number of aryl methyl sites for hydroxylation is 1. The summed E-state index contributed by atoms with van der Waals surface area (Å²) < 4.78 is 15.1. The zero-order chi connectivity index (χ0) is 13.8. The summed E-state index contributed by atoms with van der Waals surface area (Å²) in [4.78, 5) is 0. The Labute approximate surface area is 113 Å². The Bertz CT molecular complexity index is 561. The number of halogens is 1. The lowest BCUT2D eigenvalue weighted by Crippen LogP contribution is -2.05. The first-order chi connectivity index (χ1) is 9.11. The molecule has 2 aromatic rings. The fraction of sp³-hybridized carbons (Fsp3) is 0.400. The van der Waals surface area contributed by atoms with Crippen LogP contribution in [0.25, 0.3) is 0 Å². The van der Waals surface area contributed by atoms with Crippen molar-refractivity contribution in [3.05, 3.63) is 52.6 Å². The Morgan fingerprint density at radius 1 is 1.32 bits per heavy atom. The highest BCUT2D eigenvalue weighted by molar-refractivity contribution is 5.26. The predicted octanol–water partition coefficient (Wildman–Crippen LogP) is 2.58. The van der Waals surface area contributed by atoms with Crippen LogP contribution in [0, 0.1) is 19.7 Å². The van der Waals surface area contributed by atoms with Crippen molar-refractivity contribution in [2.75, 3.05) is 6.54 Å². The minimum Gasteiger partial charge on any atom is -0.330 e. The fourth-order valence-electron chi connectivity index (χ4n) is 2.34. The second-order valence-corrected chi connectivity index (χ2v) is 4.83. The molecule has 1 aromatic heterocycles. The van der Waals surface area contributed by atoms with Gasteiger partial charge in [0.2, 0.25) is 0 Å². The quantitative estimate of drug-likeness (QED) is 0.899. The Morgan fingerprint density at radius 3 is 2.79 bits per heavy atom. The Balaban J connectivity index is 2.21. The molecule has 0 unspecified atom stereocenters. The third-order valence-corrected chi connectivity index (χ3v) is 3.38. The summed E-state index contributed by atoms with van der Waals surface area (Å²) in [5.74, 6) is -0.206. The zero-order valence-electron chi connectivity index (χ0n) is 11.5. The van der Waals surface area contributed by atoms with E-state index in [1.807, 2.05) is 17.7 Å². The maximum Gasteiger partial charge on any atom is 0.123 e. The number of nitrogens with zero attached hydrogens (tertiary/aromatic N) is 2. The molecule has 0 atom stereocenters. The number of nitrogens with two attached hydrogens (primary N) is 1. The summed E-state index contributed by atoms with van der Waals surface area (Å²) in [6.45, 7) is 5.37. The lowest BCUT2D eigenvalue weighted by Gasteiger charge is -2.06. The van der Waals surface area contributed by atoms with Gasteiger partial charge in [-0.3, -0.25) is 4.68 Å². The van der Waals surface area contributed by atoms with Gasteiger partial charge in [0.1, 0.15) is 5.82 Å². The van der Waals surface area contributed by atoms with Crippen LogP contribution in [-0.2, 0) is 13.0 Å². The SMILES string of the molecule is Cc1nn(Cc2cccc(F)c2)c(C)c1CCCN. The van der Waals surface area contributed by atoms with E-state index in [1.165, 1.54) is 11.6 Å². The van der Waals surface area contributed by atoms with Crippen molar-refractivity contribution in [2.45, 2.75) is 33.2 Å². The Kier molecular flexibility index (Phi) is 4.32. The van der Waals surface area contributed by atoms with Gasteiger partial charge in [0.05, 0.1) is 12.2 Å². The molecule has 102 valence electrons. The van der Waals surface area contributed by atoms with Crippen molar-refractivity contribution in [2.24, 2.45) is 5.73 Å². The molecule has 1 heterocycles. The van der Waals surface area contributed by atoms with Gasteiger partial charge in [0.25, 0.3) is 0 Å². The second-order valence-electron chi connectivity index (χ2n) is 4.83. The van der Waals surface area contributed by atoms with Gasteiger partial charge in [-0.15, -0.1) is 0 Å². The zero-order valence-corrected chi connectivity index (χ0v) is 11.5. The molecule has 0 fully saturated rings. The van der Waals surface area contributed by atoms with Gasteiger partial charge in [0, 0.05) is 5.69 Å². The van der Waals surface area contributed by atoms with Crippen molar-refractivity contribution in [3.63, 3.8) is 0 Å². The highest BCUT2D eigenvalue weighted by Gasteiger charge is 2.11. The van der Waals surface area contributed by atoms with Gasteiger partial charge in [-0.1, -0.05) is 12.1 Å². The maximum absolute atomic E-state index is 13.2. The van der Waals surface area contributed by atoms with Crippen molar-refractivity contribution in [1.29, 1.82) is 0 Å². The minimum atomic E-state index is -0.206. The third kappa shape index (κ3) is 3.20. The van der Waals surface area contributed by atoms with Crippen LogP contribution in [0.4, 0.5) is 4.39 Å². The van der Waals surface area contributed by atoms with E-state index in [-0.39, 0.29) is 5.82 Å². The average molecular weight is 261 g/mol. The van der Waals surface area contributed by atoms with Crippen molar-refractivity contribution in [1.82, 2.24) is 9.78 Å². The van der Waals surface area contributed by atoms with Crippen LogP contribution in [0.3, 0.4) is 0 Å². The van der Waals surface area contributed by atoms with E-state index in [0.717, 1.165) is 29.8 Å². The van der Waals surface area contributed by atoms with E-state index in [9.17, 15) is 4.39 Å². The highest BCUT2D eigenvalue weighted by Crippen LogP contribution is 2.16. The lowest BCUT2D eigenvalue weighted by atomic mass is 10.1. The largest absolute Gasteiger partial charge is 0.330 e. The van der Waals surface area contributed by atoms with E-state index >= 15 is 0 Å². The van der Waals surface area contributed by atoms with Gasteiger partial charge in [0.15, 0.2) is 0 Å². The number of benzene rings is 1. The van der Waals surface area contributed by atoms with Crippen LogP contribution >= 0.6 is 0 Å². The molecule has 2 rings (SSSR count). The summed E-state index contributed by atoms with van der Waals surface area (Å²) in [6, 6.07) is 6.65. The van der Waals surface area contributed by atoms with E-state index < -0.39 is 0 Å². The average Bonchev–Trinajstić information content (AvgIpc) is 2.62. The van der Waals surface area contributed by atoms with E-state index in [2.05, 4.69) is 12.0 Å². The molecule has 3 nitrogen and oxygen atoms in total. The third-order valence-electron chi connectivity index (χ3n) is 3.38. The van der Waals surface area contributed by atoms with Gasteiger partial charge in [-0.05, 0) is 56.5 Å². The van der Waals surface area contributed by atoms with Gasteiger partial charge in [-0.25, -0.2) is 4.39 Å². The molecule has 0 radical (unpaired) electrons. The summed E-state index contributed by atoms with van der Waals surface area (Å²) in [5, 5.41) is 4.54. The molecule has 0 bridgehead atoms. The summed E-state index contributed by atoms with van der Waals surface area (Å²) >= 11 is 0. The van der Waals surface area contributed by atoms with E-state index in [4.69, 9.17) is 5.73 Å². The van der Waals surface area contributed by atoms with Crippen molar-refractivity contribution >= 4 is 0 Å². The summed E-state index contributed by atoms with van der Waals surface area (Å²) in [7, 11) is 0. The molecular weight excluding hydrogens is 241 g/mol. The predicted molar refractivity (Wildman–Crippen MR) is 74.6 cm³/mol. The molecule has 0 aliphatic rings. The maximum atomic E-state index is 13.2. The molecule has 0 aliphatic heterocycles. The second kappa shape index (κ2) is 5.97. The van der Waals surface area contributed by atoms with Crippen molar-refractivity contribution < 1.29 is 4.39 Å². The smallest absolute Gasteiger partial charge is 0.123 e. The monoisotopic (exact) mass is 261 g/mol. The van der Waals surface area contributed by atoms with Crippen LogP contribution in [0.2, 0.25) is 0 Å². The minimum absolute atomic E-state index is 0.206. The number of hydrogen-bond donors (Lipinski definition) is 1. The fourth-order valence-corrected chi connectivity index (χ4v) is 2.34. The first-order valence-corrected chi connectivity index (χ1v) is 6.59. The molecule has 19 heavy (non-hydrogen) atoms. The van der Waals surface area contributed by atoms with Crippen LogP contribution in [0.15, 0.2) is 24.3 Å². The molecule has 0 saturated carbocycles. The van der Waals surface area contributed by atoms with E-state index in [0.29, 0.717) is 13.1 Å². The van der Waals surface area contributed by atoms with Gasteiger partial charge >= 0.3 is 0 Å².